The summed E-state index contributed by atoms with van der Waals surface area (Å²) >= 11 is 0. The Hall–Kier alpha value is -3.41. The quantitative estimate of drug-likeness (QED) is 0.561. The molecule has 136 valence electrons. The summed E-state index contributed by atoms with van der Waals surface area (Å²) in [5.74, 6) is -0.136. The van der Waals surface area contributed by atoms with E-state index in [-0.39, 0.29) is 23.3 Å². The van der Waals surface area contributed by atoms with Crippen LogP contribution in [0.4, 0.5) is 11.4 Å². The van der Waals surface area contributed by atoms with Gasteiger partial charge in [0, 0.05) is 30.0 Å². The first kappa shape index (κ1) is 17.0. The number of rotatable bonds is 4. The number of carbonyl (C=O) groups is 1. The van der Waals surface area contributed by atoms with Crippen molar-refractivity contribution in [3.8, 4) is 5.75 Å². The SMILES string of the molecule is O=C1C(Cc2ccc([N+](=O)[O-])cc2)CCN1c1c(O)ccc2ccccc12. The Kier molecular flexibility index (Phi) is 4.24. The van der Waals surface area contributed by atoms with Gasteiger partial charge in [0.2, 0.25) is 5.91 Å². The largest absolute Gasteiger partial charge is 0.506 e. The zero-order chi connectivity index (χ0) is 19.0. The molecule has 0 spiro atoms. The van der Waals surface area contributed by atoms with E-state index in [1.54, 1.807) is 23.1 Å². The number of non-ortho nitro benzene ring substituents is 1. The molecule has 1 fully saturated rings. The van der Waals surface area contributed by atoms with Gasteiger partial charge in [0.25, 0.3) is 5.69 Å². The van der Waals surface area contributed by atoms with Gasteiger partial charge in [0.15, 0.2) is 0 Å². The van der Waals surface area contributed by atoms with Crippen LogP contribution < -0.4 is 4.90 Å². The Bertz CT molecular complexity index is 1030. The van der Waals surface area contributed by atoms with Crippen LogP contribution in [0, 0.1) is 16.0 Å². The lowest BCUT2D eigenvalue weighted by Gasteiger charge is -2.20. The van der Waals surface area contributed by atoms with Crippen LogP contribution in [-0.2, 0) is 11.2 Å². The number of nitro groups is 1. The molecule has 1 saturated heterocycles. The smallest absolute Gasteiger partial charge is 0.269 e. The first-order valence-corrected chi connectivity index (χ1v) is 8.80. The van der Waals surface area contributed by atoms with Gasteiger partial charge >= 0.3 is 0 Å². The van der Waals surface area contributed by atoms with Crippen molar-refractivity contribution < 1.29 is 14.8 Å². The molecule has 1 aliphatic heterocycles. The van der Waals surface area contributed by atoms with Gasteiger partial charge in [-0.1, -0.05) is 42.5 Å². The van der Waals surface area contributed by atoms with Crippen molar-refractivity contribution in [1.82, 2.24) is 0 Å². The predicted octanol–water partition coefficient (Wildman–Crippen LogP) is 4.05. The van der Waals surface area contributed by atoms with E-state index >= 15 is 0 Å². The maximum absolute atomic E-state index is 13.0. The number of fused-ring (bicyclic) bond motifs is 1. The third-order valence-corrected chi connectivity index (χ3v) is 5.09. The summed E-state index contributed by atoms with van der Waals surface area (Å²) in [6.45, 7) is 0.540. The summed E-state index contributed by atoms with van der Waals surface area (Å²) in [5, 5.41) is 23.0. The van der Waals surface area contributed by atoms with E-state index in [1.165, 1.54) is 12.1 Å². The molecule has 3 aromatic rings. The average Bonchev–Trinajstić information content (AvgIpc) is 3.02. The molecule has 27 heavy (non-hydrogen) atoms. The van der Waals surface area contributed by atoms with Gasteiger partial charge in [-0.15, -0.1) is 0 Å². The average molecular weight is 362 g/mol. The van der Waals surface area contributed by atoms with E-state index in [9.17, 15) is 20.0 Å². The van der Waals surface area contributed by atoms with Crippen LogP contribution in [0.3, 0.4) is 0 Å². The lowest BCUT2D eigenvalue weighted by Crippen LogP contribution is -2.28. The molecule has 1 heterocycles. The van der Waals surface area contributed by atoms with E-state index in [1.807, 2.05) is 30.3 Å². The minimum atomic E-state index is -0.435. The van der Waals surface area contributed by atoms with Gasteiger partial charge in [-0.25, -0.2) is 0 Å². The molecule has 1 N–H and O–H groups in total. The molecule has 6 nitrogen and oxygen atoms in total. The van der Waals surface area contributed by atoms with Gasteiger partial charge < -0.3 is 10.0 Å². The number of amides is 1. The Morgan fingerprint density at radius 1 is 1.07 bits per heavy atom. The standard InChI is InChI=1S/C21H18N2O4/c24-19-10-7-15-3-1-2-4-18(15)20(19)22-12-11-16(21(22)25)13-14-5-8-17(9-6-14)23(26)27/h1-10,16,24H,11-13H2. The van der Waals surface area contributed by atoms with Crippen LogP contribution in [0.15, 0.2) is 60.7 Å². The van der Waals surface area contributed by atoms with Crippen LogP contribution in [0.25, 0.3) is 10.8 Å². The van der Waals surface area contributed by atoms with Gasteiger partial charge in [0.1, 0.15) is 5.75 Å². The highest BCUT2D eigenvalue weighted by molar-refractivity contribution is 6.07. The summed E-state index contributed by atoms with van der Waals surface area (Å²) in [6, 6.07) is 17.4. The summed E-state index contributed by atoms with van der Waals surface area (Å²) in [7, 11) is 0. The molecule has 0 radical (unpaired) electrons. The van der Waals surface area contributed by atoms with E-state index in [0.717, 1.165) is 16.3 Å². The van der Waals surface area contributed by atoms with Crippen molar-refractivity contribution in [2.75, 3.05) is 11.4 Å². The van der Waals surface area contributed by atoms with Crippen molar-refractivity contribution >= 4 is 28.1 Å². The number of hydrogen-bond donors (Lipinski definition) is 1. The zero-order valence-corrected chi connectivity index (χ0v) is 14.5. The number of hydrogen-bond acceptors (Lipinski definition) is 4. The van der Waals surface area contributed by atoms with Gasteiger partial charge in [-0.3, -0.25) is 14.9 Å². The van der Waals surface area contributed by atoms with Crippen LogP contribution in [-0.4, -0.2) is 22.5 Å². The molecule has 0 saturated carbocycles. The topological polar surface area (TPSA) is 83.7 Å². The normalized spacial score (nSPS) is 16.8. The monoisotopic (exact) mass is 362 g/mol. The summed E-state index contributed by atoms with van der Waals surface area (Å²) in [6.07, 6.45) is 1.21. The Balaban J connectivity index is 1.59. The van der Waals surface area contributed by atoms with Crippen LogP contribution in [0.1, 0.15) is 12.0 Å². The highest BCUT2D eigenvalue weighted by Crippen LogP contribution is 2.39. The second kappa shape index (κ2) is 6.72. The molecule has 0 bridgehead atoms. The first-order chi connectivity index (χ1) is 13.0. The van der Waals surface area contributed by atoms with Crippen molar-refractivity contribution in [2.45, 2.75) is 12.8 Å². The van der Waals surface area contributed by atoms with Crippen molar-refractivity contribution in [3.63, 3.8) is 0 Å². The van der Waals surface area contributed by atoms with E-state index in [2.05, 4.69) is 0 Å². The van der Waals surface area contributed by atoms with E-state index < -0.39 is 4.92 Å². The second-order valence-electron chi connectivity index (χ2n) is 6.76. The van der Waals surface area contributed by atoms with Crippen molar-refractivity contribution in [3.05, 3.63) is 76.3 Å². The zero-order valence-electron chi connectivity index (χ0n) is 14.5. The molecule has 1 aliphatic rings. The molecule has 1 unspecified atom stereocenters. The van der Waals surface area contributed by atoms with E-state index in [0.29, 0.717) is 25.1 Å². The molecular weight excluding hydrogens is 344 g/mol. The highest BCUT2D eigenvalue weighted by atomic mass is 16.6. The lowest BCUT2D eigenvalue weighted by atomic mass is 9.98. The van der Waals surface area contributed by atoms with Crippen LogP contribution in [0.5, 0.6) is 5.75 Å². The minimum Gasteiger partial charge on any atom is -0.506 e. The lowest BCUT2D eigenvalue weighted by molar-refractivity contribution is -0.384. The minimum absolute atomic E-state index is 0.0278. The van der Waals surface area contributed by atoms with Gasteiger partial charge in [-0.05, 0) is 29.9 Å². The number of nitrogens with zero attached hydrogens (tertiary/aromatic N) is 2. The first-order valence-electron chi connectivity index (χ1n) is 8.80. The maximum Gasteiger partial charge on any atom is 0.269 e. The van der Waals surface area contributed by atoms with E-state index in [4.69, 9.17) is 0 Å². The molecule has 6 heteroatoms. The number of phenols is 1. The fourth-order valence-electron chi connectivity index (χ4n) is 3.72. The fraction of sp³-hybridized carbons (Fsp3) is 0.190. The number of anilines is 1. The van der Waals surface area contributed by atoms with Gasteiger partial charge in [0.05, 0.1) is 10.6 Å². The summed E-state index contributed by atoms with van der Waals surface area (Å²) in [5.41, 5.74) is 1.49. The number of carbonyl (C=O) groups excluding carboxylic acids is 1. The summed E-state index contributed by atoms with van der Waals surface area (Å²) < 4.78 is 0. The second-order valence-corrected chi connectivity index (χ2v) is 6.76. The Morgan fingerprint density at radius 3 is 2.56 bits per heavy atom. The molecule has 1 amide bonds. The molecule has 1 atom stereocenters. The molecular formula is C21H18N2O4. The Morgan fingerprint density at radius 2 is 1.81 bits per heavy atom. The number of benzene rings is 3. The van der Waals surface area contributed by atoms with Crippen LogP contribution >= 0.6 is 0 Å². The molecule has 3 aromatic carbocycles. The van der Waals surface area contributed by atoms with Crippen molar-refractivity contribution in [1.29, 1.82) is 0 Å². The Labute approximate surface area is 155 Å². The third-order valence-electron chi connectivity index (χ3n) is 5.09. The number of nitro benzene ring substituents is 1. The maximum atomic E-state index is 13.0. The number of aromatic hydroxyl groups is 1. The predicted molar refractivity (Wildman–Crippen MR) is 103 cm³/mol. The summed E-state index contributed by atoms with van der Waals surface area (Å²) in [4.78, 5) is 25.0. The van der Waals surface area contributed by atoms with Gasteiger partial charge in [-0.2, -0.15) is 0 Å². The molecule has 0 aromatic heterocycles. The van der Waals surface area contributed by atoms with Crippen LogP contribution in [0.2, 0.25) is 0 Å². The highest BCUT2D eigenvalue weighted by Gasteiger charge is 2.34. The molecule has 4 rings (SSSR count). The van der Waals surface area contributed by atoms with Crippen molar-refractivity contribution in [2.24, 2.45) is 5.92 Å². The molecule has 0 aliphatic carbocycles. The fourth-order valence-corrected chi connectivity index (χ4v) is 3.72. The third kappa shape index (κ3) is 3.10. The number of phenolic OH excluding ortho intramolecular Hbond substituents is 1.